The Morgan fingerprint density at radius 3 is 3.09 bits per heavy atom. The molecule has 0 aliphatic carbocycles. The van der Waals surface area contributed by atoms with E-state index in [1.54, 1.807) is 0 Å². The maximum absolute atomic E-state index is 12.1. The van der Waals surface area contributed by atoms with Crippen LogP contribution in [0.3, 0.4) is 0 Å². The lowest BCUT2D eigenvalue weighted by atomic mass is 10.5. The number of thioether (sulfide) groups is 1. The van der Waals surface area contributed by atoms with E-state index in [-0.39, 0.29) is 22.8 Å². The lowest BCUT2D eigenvalue weighted by Gasteiger charge is -2.12. The van der Waals surface area contributed by atoms with Crippen LogP contribution in [0, 0.1) is 10.4 Å². The molecule has 22 heavy (non-hydrogen) atoms. The Balaban J connectivity index is 2.07. The number of nitrogens with one attached hydrogen (secondary N) is 3. The number of hydrogen-bond donors (Lipinski definition) is 3. The Morgan fingerprint density at radius 2 is 2.36 bits per heavy atom. The summed E-state index contributed by atoms with van der Waals surface area (Å²) in [6.45, 7) is -0.0173. The van der Waals surface area contributed by atoms with E-state index in [2.05, 4.69) is 25.8 Å². The largest absolute Gasteiger partial charge is 0.341 e. The number of rotatable bonds is 5. The Bertz CT molecular complexity index is 843. The van der Waals surface area contributed by atoms with Gasteiger partial charge in [0.15, 0.2) is 5.65 Å². The number of ether oxygens (including phenoxy) is 1. The Hall–Kier alpha value is -2.12. The first-order chi connectivity index (χ1) is 10.6. The molecule has 0 saturated carbocycles. The summed E-state index contributed by atoms with van der Waals surface area (Å²) in [5.74, 6) is 0.391. The third kappa shape index (κ3) is 2.53. The zero-order chi connectivity index (χ0) is 15.7. The molecule has 0 bridgehead atoms. The summed E-state index contributed by atoms with van der Waals surface area (Å²) in [7, 11) is 0. The molecular weight excluding hydrogens is 334 g/mol. The summed E-state index contributed by atoms with van der Waals surface area (Å²) in [5, 5.41) is 5.70. The monoisotopic (exact) mass is 343 g/mol. The van der Waals surface area contributed by atoms with Gasteiger partial charge in [-0.25, -0.2) is 5.43 Å². The zero-order valence-electron chi connectivity index (χ0n) is 10.8. The average Bonchev–Trinajstić information content (AvgIpc) is 3.04. The summed E-state index contributed by atoms with van der Waals surface area (Å²) in [5.41, 5.74) is 8.16. The average molecular weight is 343 g/mol. The Kier molecular flexibility index (Phi) is 4.00. The van der Waals surface area contributed by atoms with Crippen molar-refractivity contribution in [3.05, 3.63) is 24.9 Å². The minimum Gasteiger partial charge on any atom is -0.341 e. The SMILES string of the molecule is N=NNc1nc2c(sc(=O)n2C2CSC(CN=O)O2)c(=O)[nH]1. The van der Waals surface area contributed by atoms with Crippen LogP contribution in [-0.4, -0.2) is 32.3 Å². The van der Waals surface area contributed by atoms with Crippen molar-refractivity contribution in [1.29, 1.82) is 5.53 Å². The fourth-order valence-electron chi connectivity index (χ4n) is 2.02. The molecule has 0 radical (unpaired) electrons. The van der Waals surface area contributed by atoms with Gasteiger partial charge in [0, 0.05) is 5.75 Å². The van der Waals surface area contributed by atoms with Crippen molar-refractivity contribution in [2.75, 3.05) is 17.7 Å². The highest BCUT2D eigenvalue weighted by atomic mass is 32.2. The maximum atomic E-state index is 12.1. The van der Waals surface area contributed by atoms with Crippen molar-refractivity contribution in [3.8, 4) is 0 Å². The van der Waals surface area contributed by atoms with Gasteiger partial charge in [0.05, 0.1) is 0 Å². The first kappa shape index (κ1) is 14.8. The lowest BCUT2D eigenvalue weighted by Crippen LogP contribution is -2.23. The van der Waals surface area contributed by atoms with Gasteiger partial charge in [0.25, 0.3) is 5.56 Å². The van der Waals surface area contributed by atoms with Gasteiger partial charge in [0.2, 0.25) is 5.95 Å². The molecule has 2 atom stereocenters. The van der Waals surface area contributed by atoms with Crippen molar-refractivity contribution in [1.82, 2.24) is 14.5 Å². The maximum Gasteiger partial charge on any atom is 0.311 e. The van der Waals surface area contributed by atoms with E-state index in [1.807, 2.05) is 0 Å². The summed E-state index contributed by atoms with van der Waals surface area (Å²) in [6, 6.07) is 0. The predicted octanol–water partition coefficient (Wildman–Crippen LogP) is 0.859. The highest BCUT2D eigenvalue weighted by Crippen LogP contribution is 2.33. The quantitative estimate of drug-likeness (QED) is 0.413. The van der Waals surface area contributed by atoms with E-state index in [1.165, 1.54) is 16.3 Å². The van der Waals surface area contributed by atoms with Gasteiger partial charge in [-0.05, 0) is 0 Å². The van der Waals surface area contributed by atoms with E-state index in [4.69, 9.17) is 10.3 Å². The van der Waals surface area contributed by atoms with Gasteiger partial charge < -0.3 is 4.74 Å². The molecule has 0 aromatic carbocycles. The molecule has 3 rings (SSSR count). The van der Waals surface area contributed by atoms with Crippen LogP contribution in [0.15, 0.2) is 20.0 Å². The second kappa shape index (κ2) is 5.94. The second-order valence-corrected chi connectivity index (χ2v) is 6.35. The number of nitrogens with zero attached hydrogens (tertiary/aromatic N) is 4. The van der Waals surface area contributed by atoms with Crippen molar-refractivity contribution in [2.24, 2.45) is 10.4 Å². The van der Waals surface area contributed by atoms with Gasteiger partial charge in [-0.1, -0.05) is 21.7 Å². The Morgan fingerprint density at radius 1 is 1.55 bits per heavy atom. The number of aromatic nitrogens is 3. The fourth-order valence-corrected chi connectivity index (χ4v) is 3.86. The van der Waals surface area contributed by atoms with Crippen LogP contribution in [-0.2, 0) is 4.74 Å². The minimum absolute atomic E-state index is 0.0173. The second-order valence-electron chi connectivity index (χ2n) is 4.19. The summed E-state index contributed by atoms with van der Waals surface area (Å²) in [4.78, 5) is 40.4. The van der Waals surface area contributed by atoms with Crippen LogP contribution in [0.25, 0.3) is 10.3 Å². The number of nitroso groups, excluding NO2 is 1. The molecule has 11 nitrogen and oxygen atoms in total. The molecule has 2 aromatic rings. The third-order valence-electron chi connectivity index (χ3n) is 2.88. The number of hydrogen-bond acceptors (Lipinski definition) is 10. The van der Waals surface area contributed by atoms with Gasteiger partial charge >= 0.3 is 4.87 Å². The molecule has 2 aromatic heterocycles. The highest BCUT2D eigenvalue weighted by molar-refractivity contribution is 8.00. The number of fused-ring (bicyclic) bond motifs is 1. The van der Waals surface area contributed by atoms with Crippen molar-refractivity contribution >= 4 is 39.4 Å². The molecule has 13 heteroatoms. The van der Waals surface area contributed by atoms with Gasteiger partial charge in [-0.3, -0.25) is 19.1 Å². The summed E-state index contributed by atoms with van der Waals surface area (Å²) >= 11 is 2.12. The van der Waals surface area contributed by atoms with Crippen LogP contribution in [0.4, 0.5) is 5.95 Å². The molecule has 1 aliphatic heterocycles. The predicted molar refractivity (Wildman–Crippen MR) is 80.3 cm³/mol. The smallest absolute Gasteiger partial charge is 0.311 e. The zero-order valence-corrected chi connectivity index (χ0v) is 12.4. The molecule has 2 unspecified atom stereocenters. The van der Waals surface area contributed by atoms with E-state index < -0.39 is 22.1 Å². The molecule has 1 fully saturated rings. The Labute approximate surface area is 129 Å². The number of thiazole rings is 1. The molecule has 3 heterocycles. The van der Waals surface area contributed by atoms with Gasteiger partial charge in [0.1, 0.15) is 22.9 Å². The molecule has 0 amide bonds. The van der Waals surface area contributed by atoms with Crippen molar-refractivity contribution < 1.29 is 4.74 Å². The van der Waals surface area contributed by atoms with Crippen LogP contribution in [0.5, 0.6) is 0 Å². The number of H-pyrrole nitrogens is 1. The van der Waals surface area contributed by atoms with Crippen molar-refractivity contribution in [3.63, 3.8) is 0 Å². The molecule has 0 spiro atoms. The summed E-state index contributed by atoms with van der Waals surface area (Å²) < 4.78 is 7.01. The topological polar surface area (TPSA) is 155 Å². The number of aromatic amines is 1. The van der Waals surface area contributed by atoms with E-state index >= 15 is 0 Å². The van der Waals surface area contributed by atoms with Crippen LogP contribution < -0.4 is 15.9 Å². The van der Waals surface area contributed by atoms with E-state index in [0.717, 1.165) is 11.3 Å². The molecule has 1 aliphatic rings. The molecular formula is C9H9N7O4S2. The van der Waals surface area contributed by atoms with Crippen LogP contribution in [0.1, 0.15) is 6.23 Å². The third-order valence-corrected chi connectivity index (χ3v) is 4.93. The molecule has 3 N–H and O–H groups in total. The standard InChI is InChI=1S/C9H9N7O4S2/c10-15-14-8-12-6-5(7(17)13-8)22-9(18)16(6)3-2-21-4(20-3)1-11-19/h3-4H,1-2H2,(H3,10,12,13,14,17). The lowest BCUT2D eigenvalue weighted by molar-refractivity contribution is 0.0243. The van der Waals surface area contributed by atoms with Crippen LogP contribution >= 0.6 is 23.1 Å². The van der Waals surface area contributed by atoms with Gasteiger partial charge in [-0.2, -0.15) is 15.4 Å². The molecule has 116 valence electrons. The first-order valence-electron chi connectivity index (χ1n) is 5.98. The molecule has 1 saturated heterocycles. The normalized spacial score (nSPS) is 21.1. The van der Waals surface area contributed by atoms with Crippen molar-refractivity contribution in [2.45, 2.75) is 11.7 Å². The minimum atomic E-state index is -0.631. The van der Waals surface area contributed by atoms with Gasteiger partial charge in [-0.15, -0.1) is 11.8 Å². The first-order valence-corrected chi connectivity index (χ1v) is 7.84. The highest BCUT2D eigenvalue weighted by Gasteiger charge is 2.31. The van der Waals surface area contributed by atoms with E-state index in [9.17, 15) is 14.5 Å². The summed E-state index contributed by atoms with van der Waals surface area (Å²) in [6.07, 6.45) is -0.631. The number of anilines is 1. The van der Waals surface area contributed by atoms with E-state index in [0.29, 0.717) is 5.75 Å². The van der Waals surface area contributed by atoms with Crippen LogP contribution in [0.2, 0.25) is 0 Å². The fraction of sp³-hybridized carbons (Fsp3) is 0.444.